The van der Waals surface area contributed by atoms with E-state index < -0.39 is 0 Å². The second kappa shape index (κ2) is 10.3. The number of aliphatic hydroxyl groups excluding tert-OH is 1. The van der Waals surface area contributed by atoms with Crippen molar-refractivity contribution in [2.45, 2.75) is 18.1 Å². The highest BCUT2D eigenvalue weighted by atomic mass is 32.2. The van der Waals surface area contributed by atoms with Crippen molar-refractivity contribution < 1.29 is 9.90 Å². The summed E-state index contributed by atoms with van der Waals surface area (Å²) in [5, 5.41) is 13.1. The predicted molar refractivity (Wildman–Crippen MR) is 129 cm³/mol. The Kier molecular flexibility index (Phi) is 6.99. The molecule has 0 radical (unpaired) electrons. The Morgan fingerprint density at radius 3 is 2.38 bits per heavy atom. The number of thioether (sulfide) groups is 1. The largest absolute Gasteiger partial charge is 0.396 e. The monoisotopic (exact) mass is 445 g/mol. The van der Waals surface area contributed by atoms with Crippen molar-refractivity contribution in [3.63, 3.8) is 0 Å². The smallest absolute Gasteiger partial charge is 0.262 e. The zero-order valence-electron chi connectivity index (χ0n) is 17.4. The van der Waals surface area contributed by atoms with Crippen molar-refractivity contribution >= 4 is 34.3 Å². The zero-order chi connectivity index (χ0) is 22.3. The summed E-state index contributed by atoms with van der Waals surface area (Å²) in [6.45, 7) is 0.320. The van der Waals surface area contributed by atoms with Crippen molar-refractivity contribution in [1.82, 2.24) is 9.55 Å². The van der Waals surface area contributed by atoms with E-state index in [4.69, 9.17) is 0 Å². The Morgan fingerprint density at radius 1 is 0.938 bits per heavy atom. The van der Waals surface area contributed by atoms with E-state index in [1.165, 1.54) is 16.3 Å². The molecule has 0 aliphatic carbocycles. The van der Waals surface area contributed by atoms with Gasteiger partial charge in [-0.2, -0.15) is 0 Å². The number of carbonyl (C=O) groups is 1. The van der Waals surface area contributed by atoms with Crippen LogP contribution < -0.4 is 10.9 Å². The van der Waals surface area contributed by atoms with E-state index >= 15 is 0 Å². The molecule has 4 rings (SSSR count). The molecular weight excluding hydrogens is 422 g/mol. The number of carbonyl (C=O) groups excluding carboxylic acids is 1. The number of rotatable bonds is 8. The summed E-state index contributed by atoms with van der Waals surface area (Å²) in [7, 11) is 0. The number of aliphatic hydroxyl groups is 1. The lowest BCUT2D eigenvalue weighted by molar-refractivity contribution is -0.113. The zero-order valence-corrected chi connectivity index (χ0v) is 18.2. The Balaban J connectivity index is 1.46. The molecule has 0 spiro atoms. The van der Waals surface area contributed by atoms with Gasteiger partial charge in [-0.05, 0) is 41.8 Å². The van der Waals surface area contributed by atoms with E-state index in [0.29, 0.717) is 34.7 Å². The lowest BCUT2D eigenvalue weighted by Gasteiger charge is -2.12. The average Bonchev–Trinajstić information content (AvgIpc) is 2.83. The van der Waals surface area contributed by atoms with Gasteiger partial charge >= 0.3 is 0 Å². The van der Waals surface area contributed by atoms with Crippen molar-refractivity contribution in [3.05, 3.63) is 89.2 Å². The lowest BCUT2D eigenvalue weighted by Crippen LogP contribution is -2.24. The maximum absolute atomic E-state index is 12.9. The van der Waals surface area contributed by atoms with Gasteiger partial charge < -0.3 is 10.4 Å². The number of hydrogen-bond donors (Lipinski definition) is 2. The molecule has 0 aliphatic rings. The minimum absolute atomic E-state index is 0.0250. The van der Waals surface area contributed by atoms with Gasteiger partial charge in [0.25, 0.3) is 5.56 Å². The van der Waals surface area contributed by atoms with Crippen LogP contribution in [0.25, 0.3) is 22.0 Å². The number of benzene rings is 3. The highest BCUT2D eigenvalue weighted by molar-refractivity contribution is 7.99. The molecule has 0 unspecified atom stereocenters. The molecule has 162 valence electrons. The number of nitrogens with one attached hydrogen (secondary N) is 1. The highest BCUT2D eigenvalue weighted by Gasteiger charge is 2.13. The second-order valence-corrected chi connectivity index (χ2v) is 8.17. The van der Waals surface area contributed by atoms with Crippen LogP contribution in [0.2, 0.25) is 0 Å². The first-order valence-corrected chi connectivity index (χ1v) is 11.3. The van der Waals surface area contributed by atoms with Crippen LogP contribution in [0.5, 0.6) is 0 Å². The quantitative estimate of drug-likeness (QED) is 0.314. The molecule has 0 bridgehead atoms. The molecule has 1 heterocycles. The van der Waals surface area contributed by atoms with Crippen LogP contribution >= 0.6 is 11.8 Å². The van der Waals surface area contributed by atoms with E-state index in [1.54, 1.807) is 18.2 Å². The molecule has 0 saturated heterocycles. The normalized spacial score (nSPS) is 10.9. The molecule has 0 atom stereocenters. The fourth-order valence-corrected chi connectivity index (χ4v) is 4.21. The van der Waals surface area contributed by atoms with Gasteiger partial charge in [-0.1, -0.05) is 66.4 Å². The third-order valence-corrected chi connectivity index (χ3v) is 5.95. The van der Waals surface area contributed by atoms with Crippen molar-refractivity contribution in [3.8, 4) is 11.1 Å². The minimum Gasteiger partial charge on any atom is -0.396 e. The molecule has 1 amide bonds. The van der Waals surface area contributed by atoms with Crippen molar-refractivity contribution in [1.29, 1.82) is 0 Å². The third-order valence-electron chi connectivity index (χ3n) is 4.97. The number of anilines is 1. The number of fused-ring (bicyclic) bond motifs is 1. The molecule has 3 aromatic carbocycles. The first-order chi connectivity index (χ1) is 15.7. The molecule has 32 heavy (non-hydrogen) atoms. The number of nitrogens with zero attached hydrogens (tertiary/aromatic N) is 2. The van der Waals surface area contributed by atoms with Crippen LogP contribution in [-0.2, 0) is 11.3 Å². The molecule has 1 aromatic heterocycles. The fourth-order valence-electron chi connectivity index (χ4n) is 3.39. The van der Waals surface area contributed by atoms with Crippen LogP contribution in [0.1, 0.15) is 6.42 Å². The second-order valence-electron chi connectivity index (χ2n) is 7.23. The molecule has 0 fully saturated rings. The van der Waals surface area contributed by atoms with E-state index in [1.807, 2.05) is 60.7 Å². The fraction of sp³-hybridized carbons (Fsp3) is 0.160. The summed E-state index contributed by atoms with van der Waals surface area (Å²) < 4.78 is 1.53. The summed E-state index contributed by atoms with van der Waals surface area (Å²) in [5.41, 5.74) is 3.33. The molecule has 2 N–H and O–H groups in total. The van der Waals surface area contributed by atoms with Crippen molar-refractivity contribution in [2.24, 2.45) is 0 Å². The SMILES string of the molecule is O=C(CSc1nc2ccccc2c(=O)n1CCCO)Nc1ccc(-c2ccccc2)cc1. The Morgan fingerprint density at radius 2 is 1.62 bits per heavy atom. The van der Waals surface area contributed by atoms with Crippen LogP contribution in [0.4, 0.5) is 5.69 Å². The third kappa shape index (κ3) is 5.07. The Bertz CT molecular complexity index is 1270. The molecular formula is C25H23N3O3S. The molecule has 0 aliphatic heterocycles. The van der Waals surface area contributed by atoms with E-state index in [9.17, 15) is 14.7 Å². The number of amides is 1. The predicted octanol–water partition coefficient (Wildman–Crippen LogP) is 4.18. The van der Waals surface area contributed by atoms with Gasteiger partial charge in [0.15, 0.2) is 5.16 Å². The maximum Gasteiger partial charge on any atom is 0.262 e. The summed E-state index contributed by atoms with van der Waals surface area (Å²) >= 11 is 1.21. The summed E-state index contributed by atoms with van der Waals surface area (Å²) in [5.74, 6) is -0.0665. The Labute approximate surface area is 189 Å². The number of para-hydroxylation sites is 1. The van der Waals surface area contributed by atoms with Crippen molar-refractivity contribution in [2.75, 3.05) is 17.7 Å². The first-order valence-electron chi connectivity index (χ1n) is 10.3. The molecule has 4 aromatic rings. The van der Waals surface area contributed by atoms with E-state index in [2.05, 4.69) is 10.3 Å². The Hall–Kier alpha value is -3.42. The maximum atomic E-state index is 12.9. The van der Waals surface area contributed by atoms with Gasteiger partial charge in [-0.15, -0.1) is 0 Å². The molecule has 0 saturated carbocycles. The summed E-state index contributed by atoms with van der Waals surface area (Å²) in [4.78, 5) is 30.0. The van der Waals surface area contributed by atoms with Gasteiger partial charge in [0.05, 0.1) is 16.7 Å². The average molecular weight is 446 g/mol. The van der Waals surface area contributed by atoms with Crippen LogP contribution in [0, 0.1) is 0 Å². The standard InChI is InChI=1S/C25H23N3O3S/c29-16-6-15-28-24(31)21-9-4-5-10-22(21)27-25(28)32-17-23(30)26-20-13-11-19(12-14-20)18-7-2-1-3-8-18/h1-5,7-14,29H,6,15-17H2,(H,26,30). The molecule has 6 nitrogen and oxygen atoms in total. The topological polar surface area (TPSA) is 84.2 Å². The number of aromatic nitrogens is 2. The van der Waals surface area contributed by atoms with Gasteiger partial charge in [-0.25, -0.2) is 4.98 Å². The summed E-state index contributed by atoms with van der Waals surface area (Å²) in [6.07, 6.45) is 0.438. The minimum atomic E-state index is -0.182. The molecule has 7 heteroatoms. The van der Waals surface area contributed by atoms with E-state index in [-0.39, 0.29) is 23.8 Å². The van der Waals surface area contributed by atoms with Gasteiger partial charge in [0, 0.05) is 18.8 Å². The van der Waals surface area contributed by atoms with Crippen LogP contribution in [0.3, 0.4) is 0 Å². The first kappa shape index (κ1) is 21.8. The summed E-state index contributed by atoms with van der Waals surface area (Å²) in [6, 6.07) is 24.9. The van der Waals surface area contributed by atoms with Gasteiger partial charge in [-0.3, -0.25) is 14.2 Å². The highest BCUT2D eigenvalue weighted by Crippen LogP contribution is 2.22. The number of hydrogen-bond acceptors (Lipinski definition) is 5. The lowest BCUT2D eigenvalue weighted by atomic mass is 10.1. The van der Waals surface area contributed by atoms with Crippen LogP contribution in [0.15, 0.2) is 88.8 Å². The van der Waals surface area contributed by atoms with Gasteiger partial charge in [0.1, 0.15) is 0 Å². The van der Waals surface area contributed by atoms with E-state index in [0.717, 1.165) is 11.1 Å². The van der Waals surface area contributed by atoms with Crippen LogP contribution in [-0.4, -0.2) is 32.9 Å². The van der Waals surface area contributed by atoms with Gasteiger partial charge in [0.2, 0.25) is 5.91 Å².